The Morgan fingerprint density at radius 1 is 1.48 bits per heavy atom. The minimum absolute atomic E-state index is 0.0448. The minimum Gasteiger partial charge on any atom is -0.479 e. The summed E-state index contributed by atoms with van der Waals surface area (Å²) < 4.78 is 5.17. The van der Waals surface area contributed by atoms with Crippen LogP contribution in [0.1, 0.15) is 34.1 Å². The molecule has 21 heavy (non-hydrogen) atoms. The monoisotopic (exact) mass is 309 g/mol. The van der Waals surface area contributed by atoms with Gasteiger partial charge in [0.2, 0.25) is 0 Å². The molecule has 3 rings (SSSR count). The van der Waals surface area contributed by atoms with Crippen LogP contribution in [0.2, 0.25) is 0 Å². The highest BCUT2D eigenvalue weighted by Crippen LogP contribution is 2.33. The number of rotatable bonds is 2. The van der Waals surface area contributed by atoms with Crippen LogP contribution in [-0.2, 0) is 22.4 Å². The predicted molar refractivity (Wildman–Crippen MR) is 78.8 cm³/mol. The third-order valence-corrected chi connectivity index (χ3v) is 5.31. The molecule has 0 spiro atoms. The van der Waals surface area contributed by atoms with E-state index in [2.05, 4.69) is 6.92 Å². The molecule has 1 aromatic rings. The van der Waals surface area contributed by atoms with Crippen LogP contribution >= 0.6 is 11.3 Å². The second kappa shape index (κ2) is 5.77. The number of carbonyl (C=O) groups is 2. The third-order valence-electron chi connectivity index (χ3n) is 4.26. The second-order valence-corrected chi connectivity index (χ2v) is 6.81. The summed E-state index contributed by atoms with van der Waals surface area (Å²) in [4.78, 5) is 26.6. The van der Waals surface area contributed by atoms with E-state index in [4.69, 9.17) is 9.84 Å². The molecule has 6 heteroatoms. The molecule has 0 bridgehead atoms. The van der Waals surface area contributed by atoms with Gasteiger partial charge < -0.3 is 14.7 Å². The molecule has 2 aliphatic rings. The highest BCUT2D eigenvalue weighted by atomic mass is 32.1. The zero-order valence-corrected chi connectivity index (χ0v) is 12.8. The first-order valence-electron chi connectivity index (χ1n) is 7.29. The van der Waals surface area contributed by atoms with Gasteiger partial charge in [-0.2, -0.15) is 0 Å². The average molecular weight is 309 g/mol. The maximum atomic E-state index is 12.7. The predicted octanol–water partition coefficient (Wildman–Crippen LogP) is 1.80. The van der Waals surface area contributed by atoms with Crippen molar-refractivity contribution in [3.63, 3.8) is 0 Å². The van der Waals surface area contributed by atoms with Crippen molar-refractivity contribution >= 4 is 23.2 Å². The molecule has 0 radical (unpaired) electrons. The Hall–Kier alpha value is -1.40. The molecular weight excluding hydrogens is 290 g/mol. The van der Waals surface area contributed by atoms with Crippen molar-refractivity contribution in [1.82, 2.24) is 4.90 Å². The molecule has 0 unspecified atom stereocenters. The van der Waals surface area contributed by atoms with Crippen molar-refractivity contribution in [2.45, 2.75) is 32.3 Å². The van der Waals surface area contributed by atoms with Crippen LogP contribution in [0, 0.1) is 5.92 Å². The zero-order chi connectivity index (χ0) is 15.0. The molecule has 0 aromatic carbocycles. The summed E-state index contributed by atoms with van der Waals surface area (Å²) in [5.41, 5.74) is 1.95. The van der Waals surface area contributed by atoms with E-state index < -0.39 is 12.1 Å². The van der Waals surface area contributed by atoms with Gasteiger partial charge in [-0.25, -0.2) is 4.79 Å². The number of aliphatic carboxylic acids is 1. The van der Waals surface area contributed by atoms with Crippen LogP contribution in [0.3, 0.4) is 0 Å². The van der Waals surface area contributed by atoms with E-state index in [9.17, 15) is 9.59 Å². The first kappa shape index (κ1) is 14.5. The Bertz CT molecular complexity index is 568. The highest BCUT2D eigenvalue weighted by molar-refractivity contribution is 7.10. The Balaban J connectivity index is 1.78. The molecule has 2 heterocycles. The zero-order valence-electron chi connectivity index (χ0n) is 12.0. The van der Waals surface area contributed by atoms with Gasteiger partial charge in [-0.05, 0) is 30.7 Å². The molecule has 2 atom stereocenters. The summed E-state index contributed by atoms with van der Waals surface area (Å²) in [5.74, 6) is -0.371. The number of fused-ring (bicyclic) bond motifs is 1. The quantitative estimate of drug-likeness (QED) is 0.904. The summed E-state index contributed by atoms with van der Waals surface area (Å²) in [6, 6.07) is 0. The van der Waals surface area contributed by atoms with Gasteiger partial charge in [-0.1, -0.05) is 6.92 Å². The Morgan fingerprint density at radius 2 is 2.29 bits per heavy atom. The number of carbonyl (C=O) groups excluding carboxylic acids is 1. The number of ether oxygens (including phenoxy) is 1. The minimum atomic E-state index is -1.01. The number of morpholine rings is 1. The number of thiophene rings is 1. The van der Waals surface area contributed by atoms with Crippen molar-refractivity contribution in [2.75, 3.05) is 19.7 Å². The van der Waals surface area contributed by atoms with Crippen molar-refractivity contribution < 1.29 is 19.4 Å². The molecule has 1 aromatic heterocycles. The van der Waals surface area contributed by atoms with E-state index in [1.807, 2.05) is 5.38 Å². The molecule has 1 fully saturated rings. The SMILES string of the molecule is C[C@@H]1CCc2c(C(=O)N3CCO[C@H](C(=O)O)C3)csc2C1. The van der Waals surface area contributed by atoms with Gasteiger partial charge in [0, 0.05) is 16.8 Å². The number of carboxylic acids is 1. The molecule has 1 saturated heterocycles. The van der Waals surface area contributed by atoms with Gasteiger partial charge in [0.05, 0.1) is 18.7 Å². The van der Waals surface area contributed by atoms with Gasteiger partial charge in [0.25, 0.3) is 5.91 Å². The summed E-state index contributed by atoms with van der Waals surface area (Å²) >= 11 is 1.66. The van der Waals surface area contributed by atoms with Crippen molar-refractivity contribution in [2.24, 2.45) is 5.92 Å². The Labute approximate surface area is 127 Å². The standard InChI is InChI=1S/C15H19NO4S/c1-9-2-3-10-11(8-21-13(10)6-9)14(17)16-4-5-20-12(7-16)15(18)19/h8-9,12H,2-7H2,1H3,(H,18,19)/t9-,12+/m1/s1. The van der Waals surface area contributed by atoms with Gasteiger partial charge >= 0.3 is 5.97 Å². The summed E-state index contributed by atoms with van der Waals surface area (Å²) in [5, 5.41) is 11.0. The van der Waals surface area contributed by atoms with Crippen LogP contribution in [0.15, 0.2) is 5.38 Å². The van der Waals surface area contributed by atoms with Gasteiger partial charge in [0.15, 0.2) is 6.10 Å². The van der Waals surface area contributed by atoms with Gasteiger partial charge in [-0.3, -0.25) is 4.79 Å². The van der Waals surface area contributed by atoms with Crippen molar-refractivity contribution in [3.05, 3.63) is 21.4 Å². The number of hydrogen-bond donors (Lipinski definition) is 1. The summed E-state index contributed by atoms with van der Waals surface area (Å²) in [6.07, 6.45) is 2.21. The van der Waals surface area contributed by atoms with Crippen LogP contribution in [0.25, 0.3) is 0 Å². The number of carboxylic acid groups (broad SMARTS) is 1. The summed E-state index contributed by atoms with van der Waals surface area (Å²) in [7, 11) is 0. The molecule has 1 aliphatic carbocycles. The number of amides is 1. The largest absolute Gasteiger partial charge is 0.479 e. The van der Waals surface area contributed by atoms with Crippen LogP contribution in [0.5, 0.6) is 0 Å². The first-order chi connectivity index (χ1) is 10.1. The maximum Gasteiger partial charge on any atom is 0.334 e. The van der Waals surface area contributed by atoms with E-state index in [-0.39, 0.29) is 19.1 Å². The van der Waals surface area contributed by atoms with E-state index in [0.717, 1.165) is 24.8 Å². The lowest BCUT2D eigenvalue weighted by atomic mass is 9.88. The molecular formula is C15H19NO4S. The maximum absolute atomic E-state index is 12.7. The summed E-state index contributed by atoms with van der Waals surface area (Å²) in [6.45, 7) is 3.12. The van der Waals surface area contributed by atoms with E-state index >= 15 is 0 Å². The lowest BCUT2D eigenvalue weighted by molar-refractivity contribution is -0.154. The van der Waals surface area contributed by atoms with Crippen molar-refractivity contribution in [3.8, 4) is 0 Å². The molecule has 5 nitrogen and oxygen atoms in total. The Kier molecular flexibility index (Phi) is 3.99. The Morgan fingerprint density at radius 3 is 3.05 bits per heavy atom. The van der Waals surface area contributed by atoms with Gasteiger partial charge in [0.1, 0.15) is 0 Å². The van der Waals surface area contributed by atoms with Crippen LogP contribution in [-0.4, -0.2) is 47.7 Å². The van der Waals surface area contributed by atoms with Crippen LogP contribution in [0.4, 0.5) is 0 Å². The first-order valence-corrected chi connectivity index (χ1v) is 8.17. The second-order valence-electron chi connectivity index (χ2n) is 5.85. The fraction of sp³-hybridized carbons (Fsp3) is 0.600. The highest BCUT2D eigenvalue weighted by Gasteiger charge is 2.32. The third kappa shape index (κ3) is 2.82. The molecule has 114 valence electrons. The van der Waals surface area contributed by atoms with E-state index in [0.29, 0.717) is 12.5 Å². The number of hydrogen-bond acceptors (Lipinski definition) is 4. The van der Waals surface area contributed by atoms with Crippen molar-refractivity contribution in [1.29, 1.82) is 0 Å². The molecule has 1 aliphatic heterocycles. The number of nitrogens with zero attached hydrogens (tertiary/aromatic N) is 1. The van der Waals surface area contributed by atoms with E-state index in [1.165, 1.54) is 10.4 Å². The fourth-order valence-corrected chi connectivity index (χ4v) is 4.25. The average Bonchev–Trinajstić information content (AvgIpc) is 2.89. The molecule has 0 saturated carbocycles. The van der Waals surface area contributed by atoms with E-state index in [1.54, 1.807) is 16.2 Å². The lowest BCUT2D eigenvalue weighted by Gasteiger charge is -2.31. The fourth-order valence-electron chi connectivity index (χ4n) is 3.01. The van der Waals surface area contributed by atoms with Crippen LogP contribution < -0.4 is 0 Å². The normalized spacial score (nSPS) is 25.5. The molecule has 1 amide bonds. The topological polar surface area (TPSA) is 66.8 Å². The lowest BCUT2D eigenvalue weighted by Crippen LogP contribution is -2.48. The molecule has 1 N–H and O–H groups in total. The van der Waals surface area contributed by atoms with Gasteiger partial charge in [-0.15, -0.1) is 11.3 Å². The smallest absolute Gasteiger partial charge is 0.334 e.